The second-order valence-corrected chi connectivity index (χ2v) is 15.4. The quantitative estimate of drug-likeness (QED) is 0.0396. The first-order valence-corrected chi connectivity index (χ1v) is 19.8. The molecule has 0 spiro atoms. The Balaban J connectivity index is 0.929. The van der Waals surface area contributed by atoms with Gasteiger partial charge >= 0.3 is 0 Å². The van der Waals surface area contributed by atoms with Gasteiger partial charge in [0.15, 0.2) is 0 Å². The van der Waals surface area contributed by atoms with Gasteiger partial charge in [0.25, 0.3) is 5.69 Å². The van der Waals surface area contributed by atoms with E-state index >= 15 is 0 Å². The van der Waals surface area contributed by atoms with Crippen LogP contribution in [0, 0.1) is 17.0 Å². The van der Waals surface area contributed by atoms with E-state index in [1.54, 1.807) is 23.9 Å². The average Bonchev–Trinajstić information content (AvgIpc) is 3.50. The first-order chi connectivity index (χ1) is 25.8. The van der Waals surface area contributed by atoms with Crippen molar-refractivity contribution in [1.82, 2.24) is 4.57 Å². The van der Waals surface area contributed by atoms with Crippen LogP contribution in [-0.4, -0.2) is 48.0 Å². The predicted molar refractivity (Wildman–Crippen MR) is 225 cm³/mol. The van der Waals surface area contributed by atoms with Crippen LogP contribution < -0.4 is 19.8 Å². The molecule has 5 aromatic carbocycles. The van der Waals surface area contributed by atoms with Gasteiger partial charge in [-0.25, -0.2) is 0 Å². The molecule has 1 fully saturated rings. The summed E-state index contributed by atoms with van der Waals surface area (Å²) in [6, 6.07) is 43.1. The molecule has 0 atom stereocenters. The Bertz CT molecular complexity index is 2170. The van der Waals surface area contributed by atoms with Crippen LogP contribution in [0.2, 0.25) is 5.02 Å². The van der Waals surface area contributed by atoms with Crippen LogP contribution in [0.3, 0.4) is 0 Å². The maximum atomic E-state index is 11.9. The van der Waals surface area contributed by atoms with Gasteiger partial charge in [0, 0.05) is 94.7 Å². The van der Waals surface area contributed by atoms with E-state index in [1.807, 2.05) is 36.4 Å². The number of halogens is 1. The highest BCUT2D eigenvalue weighted by atomic mass is 35.5. The highest BCUT2D eigenvalue weighted by Crippen LogP contribution is 2.37. The Hall–Kier alpha value is -5.03. The van der Waals surface area contributed by atoms with E-state index in [2.05, 4.69) is 117 Å². The number of nitro benzene ring substituents is 1. The maximum absolute atomic E-state index is 11.9. The minimum Gasteiger partial charge on any atom is -0.379 e. The van der Waals surface area contributed by atoms with Gasteiger partial charge in [-0.2, -0.15) is 0 Å². The average molecular weight is 761 g/mol. The molecule has 8 nitrogen and oxygen atoms in total. The van der Waals surface area contributed by atoms with Crippen molar-refractivity contribution >= 4 is 63.7 Å². The van der Waals surface area contributed by atoms with Gasteiger partial charge in [0.1, 0.15) is 5.69 Å². The van der Waals surface area contributed by atoms with Gasteiger partial charge < -0.3 is 24.4 Å². The zero-order valence-electron chi connectivity index (χ0n) is 29.7. The van der Waals surface area contributed by atoms with Crippen molar-refractivity contribution in [2.24, 2.45) is 7.05 Å². The molecule has 270 valence electrons. The highest BCUT2D eigenvalue weighted by molar-refractivity contribution is 8.00. The second-order valence-electron chi connectivity index (χ2n) is 12.9. The number of aromatic nitrogens is 1. The molecule has 2 N–H and O–H groups in total. The van der Waals surface area contributed by atoms with Crippen molar-refractivity contribution in [2.45, 2.75) is 16.7 Å². The topological polar surface area (TPSA) is 78.6 Å². The molecule has 0 unspecified atom stereocenters. The summed E-state index contributed by atoms with van der Waals surface area (Å²) in [7, 11) is 2.12. The van der Waals surface area contributed by atoms with E-state index < -0.39 is 0 Å². The van der Waals surface area contributed by atoms with Crippen molar-refractivity contribution in [3.8, 4) is 22.4 Å². The van der Waals surface area contributed by atoms with E-state index in [0.717, 1.165) is 53.1 Å². The lowest BCUT2D eigenvalue weighted by atomic mass is 10.0. The number of piperazine rings is 1. The number of benzene rings is 5. The van der Waals surface area contributed by atoms with Crippen LogP contribution in [0.5, 0.6) is 0 Å². The first kappa shape index (κ1) is 36.3. The zero-order valence-corrected chi connectivity index (χ0v) is 32.1. The molecule has 0 saturated carbocycles. The Morgan fingerprint density at radius 1 is 0.755 bits per heavy atom. The molecular weight excluding hydrogens is 720 g/mol. The van der Waals surface area contributed by atoms with Crippen LogP contribution in [0.25, 0.3) is 22.4 Å². The molecule has 1 aliphatic rings. The van der Waals surface area contributed by atoms with Gasteiger partial charge in [-0.05, 0) is 109 Å². The number of hydrogen-bond donors (Lipinski definition) is 2. The number of nitrogens with zero attached hydrogens (tertiary/aromatic N) is 4. The van der Waals surface area contributed by atoms with Gasteiger partial charge in [-0.15, -0.1) is 11.8 Å². The van der Waals surface area contributed by atoms with Crippen LogP contribution in [0.1, 0.15) is 5.69 Å². The summed E-state index contributed by atoms with van der Waals surface area (Å²) >= 11 is 9.29. The van der Waals surface area contributed by atoms with Crippen molar-refractivity contribution in [1.29, 1.82) is 0 Å². The highest BCUT2D eigenvalue weighted by Gasteiger charge is 2.20. The zero-order chi connectivity index (χ0) is 36.7. The summed E-state index contributed by atoms with van der Waals surface area (Å²) in [5.74, 6) is 0.806. The lowest BCUT2D eigenvalue weighted by Gasteiger charge is -2.37. The SMILES string of the molecule is Cc1cc(-c2cccc(N3CCN(c4ccc(NSc5ccc(NCCSc6ccccc6)c([N+](=O)[O-])c5)cc4)CC3)c2)c(-c2ccc(Cl)cc2)n1C. The van der Waals surface area contributed by atoms with E-state index in [4.69, 9.17) is 11.6 Å². The molecule has 0 radical (unpaired) electrons. The number of thioether (sulfide) groups is 1. The summed E-state index contributed by atoms with van der Waals surface area (Å²) in [6.07, 6.45) is 0. The van der Waals surface area contributed by atoms with Crippen LogP contribution in [0.15, 0.2) is 137 Å². The summed E-state index contributed by atoms with van der Waals surface area (Å²) in [6.45, 7) is 6.45. The van der Waals surface area contributed by atoms with E-state index in [0.29, 0.717) is 12.2 Å². The lowest BCUT2D eigenvalue weighted by molar-refractivity contribution is -0.384. The van der Waals surface area contributed by atoms with Gasteiger partial charge in [-0.1, -0.05) is 54.1 Å². The summed E-state index contributed by atoms with van der Waals surface area (Å²) < 4.78 is 5.60. The molecule has 1 saturated heterocycles. The molecule has 11 heteroatoms. The maximum Gasteiger partial charge on any atom is 0.293 e. The number of anilines is 4. The molecule has 2 heterocycles. The van der Waals surface area contributed by atoms with Crippen molar-refractivity contribution < 1.29 is 4.92 Å². The fraction of sp³-hybridized carbons (Fsp3) is 0.190. The second kappa shape index (κ2) is 16.8. The van der Waals surface area contributed by atoms with Crippen molar-refractivity contribution in [3.63, 3.8) is 0 Å². The first-order valence-electron chi connectivity index (χ1n) is 17.6. The number of rotatable bonds is 13. The number of hydrogen-bond acceptors (Lipinski definition) is 8. The van der Waals surface area contributed by atoms with E-state index in [1.165, 1.54) is 50.7 Å². The normalized spacial score (nSPS) is 12.9. The smallest absolute Gasteiger partial charge is 0.293 e. The molecule has 1 aliphatic heterocycles. The molecule has 7 rings (SSSR count). The van der Waals surface area contributed by atoms with E-state index in [-0.39, 0.29) is 10.6 Å². The van der Waals surface area contributed by atoms with Gasteiger partial charge in [0.05, 0.1) is 10.6 Å². The third kappa shape index (κ3) is 8.79. The monoisotopic (exact) mass is 760 g/mol. The van der Waals surface area contributed by atoms with Gasteiger partial charge in [-0.3, -0.25) is 10.1 Å². The fourth-order valence-electron chi connectivity index (χ4n) is 6.61. The Morgan fingerprint density at radius 3 is 2.19 bits per heavy atom. The summed E-state index contributed by atoms with van der Waals surface area (Å²) in [5.41, 5.74) is 9.91. The third-order valence-corrected chi connectivity index (χ3v) is 11.6. The largest absolute Gasteiger partial charge is 0.379 e. The Kier molecular flexibility index (Phi) is 11.5. The summed E-state index contributed by atoms with van der Waals surface area (Å²) in [5, 5.41) is 15.8. The van der Waals surface area contributed by atoms with E-state index in [9.17, 15) is 10.1 Å². The molecule has 53 heavy (non-hydrogen) atoms. The Labute approximate surface area is 324 Å². The summed E-state index contributed by atoms with van der Waals surface area (Å²) in [4.78, 5) is 18.4. The van der Waals surface area contributed by atoms with Crippen LogP contribution in [0.4, 0.5) is 28.4 Å². The molecule has 0 bridgehead atoms. The minimum atomic E-state index is -0.329. The van der Waals surface area contributed by atoms with Crippen LogP contribution in [-0.2, 0) is 7.05 Å². The molecule has 6 aromatic rings. The standard InChI is InChI=1S/C42H41ClN6O2S2/c1-30-27-39(42(46(30)2)31-11-13-33(43)14-12-31)32-7-6-8-36(28-32)48-24-22-47(23-25-48)35-17-15-34(16-18-35)45-53-38-19-20-40(41(29-38)49(50)51)44-21-26-52-37-9-4-3-5-10-37/h3-20,27-29,44-45H,21-26H2,1-2H3. The lowest BCUT2D eigenvalue weighted by Crippen LogP contribution is -2.46. The number of nitro groups is 1. The number of nitrogens with one attached hydrogen (secondary N) is 2. The molecular formula is C42H41ClN6O2S2. The fourth-order valence-corrected chi connectivity index (χ4v) is 8.20. The van der Waals surface area contributed by atoms with Crippen LogP contribution >= 0.6 is 35.3 Å². The Morgan fingerprint density at radius 2 is 1.47 bits per heavy atom. The van der Waals surface area contributed by atoms with Gasteiger partial charge in [0.2, 0.25) is 0 Å². The number of aryl methyl sites for hydroxylation is 1. The minimum absolute atomic E-state index is 0.0700. The van der Waals surface area contributed by atoms with Crippen molar-refractivity contribution in [3.05, 3.63) is 148 Å². The third-order valence-electron chi connectivity index (χ3n) is 9.51. The van der Waals surface area contributed by atoms with Crippen molar-refractivity contribution in [2.75, 3.05) is 58.3 Å². The molecule has 0 aliphatic carbocycles. The predicted octanol–water partition coefficient (Wildman–Crippen LogP) is 10.9. The molecule has 1 aromatic heterocycles. The molecule has 0 amide bonds.